The predicted octanol–water partition coefficient (Wildman–Crippen LogP) is 1.86. The first-order valence-electron chi connectivity index (χ1n) is 6.83. The van der Waals surface area contributed by atoms with E-state index in [2.05, 4.69) is 10.3 Å². The van der Waals surface area contributed by atoms with Crippen LogP contribution in [0.3, 0.4) is 0 Å². The van der Waals surface area contributed by atoms with Gasteiger partial charge in [-0.15, -0.1) is 0 Å². The Morgan fingerprint density at radius 3 is 3.10 bits per heavy atom. The lowest BCUT2D eigenvalue weighted by Gasteiger charge is -2.17. The fraction of sp³-hybridized carbons (Fsp3) is 0.333. The quantitative estimate of drug-likeness (QED) is 0.817. The van der Waals surface area contributed by atoms with Gasteiger partial charge in [-0.3, -0.25) is 9.78 Å². The number of rotatable bonds is 2. The second-order valence-corrected chi connectivity index (χ2v) is 4.95. The highest BCUT2D eigenvalue weighted by molar-refractivity contribution is 5.94. The van der Waals surface area contributed by atoms with Crippen LogP contribution < -0.4 is 15.8 Å². The molecule has 0 radical (unpaired) electrons. The Morgan fingerprint density at radius 1 is 1.30 bits per heavy atom. The van der Waals surface area contributed by atoms with E-state index in [9.17, 15) is 4.79 Å². The Hall–Kier alpha value is -2.30. The Labute approximate surface area is 117 Å². The lowest BCUT2D eigenvalue weighted by molar-refractivity contribution is -0.127. The minimum Gasteiger partial charge on any atom is -0.480 e. The molecule has 2 heterocycles. The summed E-state index contributed by atoms with van der Waals surface area (Å²) in [7, 11) is 0. The van der Waals surface area contributed by atoms with Crippen LogP contribution in [0.2, 0.25) is 0 Å². The second-order valence-electron chi connectivity index (χ2n) is 4.95. The van der Waals surface area contributed by atoms with Crippen molar-refractivity contribution >= 4 is 22.5 Å². The Balaban J connectivity index is 1.94. The highest BCUT2D eigenvalue weighted by Gasteiger charge is 2.23. The van der Waals surface area contributed by atoms with Crippen molar-refractivity contribution in [2.45, 2.75) is 25.4 Å². The van der Waals surface area contributed by atoms with Gasteiger partial charge in [0.15, 0.2) is 6.10 Å². The van der Waals surface area contributed by atoms with Gasteiger partial charge in [-0.2, -0.15) is 0 Å². The molecule has 1 aromatic heterocycles. The molecule has 2 aromatic rings. The van der Waals surface area contributed by atoms with Crippen LogP contribution in [0, 0.1) is 0 Å². The molecular formula is C15H17N3O2. The SMILES string of the molecule is Nc1ccc(OC2CCCCNC2=O)c2cccnc12. The van der Waals surface area contributed by atoms with Gasteiger partial charge < -0.3 is 15.8 Å². The number of hydrogen-bond acceptors (Lipinski definition) is 4. The van der Waals surface area contributed by atoms with Crippen LogP contribution in [0.25, 0.3) is 10.9 Å². The average Bonchev–Trinajstić information content (AvgIpc) is 2.67. The van der Waals surface area contributed by atoms with Gasteiger partial charge in [0.25, 0.3) is 5.91 Å². The monoisotopic (exact) mass is 271 g/mol. The van der Waals surface area contributed by atoms with Gasteiger partial charge in [-0.1, -0.05) is 0 Å². The van der Waals surface area contributed by atoms with Crippen molar-refractivity contribution in [3.63, 3.8) is 0 Å². The normalized spacial score (nSPS) is 19.4. The third kappa shape index (κ3) is 2.39. The van der Waals surface area contributed by atoms with Crippen LogP contribution >= 0.6 is 0 Å². The molecular weight excluding hydrogens is 254 g/mol. The van der Waals surface area contributed by atoms with Crippen molar-refractivity contribution in [1.29, 1.82) is 0 Å². The maximum absolute atomic E-state index is 11.9. The zero-order chi connectivity index (χ0) is 13.9. The molecule has 1 saturated heterocycles. The minimum absolute atomic E-state index is 0.0450. The number of nitrogen functional groups attached to an aromatic ring is 1. The molecule has 1 atom stereocenters. The van der Waals surface area contributed by atoms with Gasteiger partial charge in [0.2, 0.25) is 0 Å². The first kappa shape index (κ1) is 12.7. The maximum atomic E-state index is 11.9. The molecule has 3 N–H and O–H groups in total. The molecule has 1 fully saturated rings. The molecule has 20 heavy (non-hydrogen) atoms. The molecule has 1 aliphatic heterocycles. The van der Waals surface area contributed by atoms with Gasteiger partial charge in [0.1, 0.15) is 5.75 Å². The van der Waals surface area contributed by atoms with E-state index in [0.29, 0.717) is 17.0 Å². The van der Waals surface area contributed by atoms with Crippen molar-refractivity contribution in [2.24, 2.45) is 0 Å². The zero-order valence-corrected chi connectivity index (χ0v) is 11.1. The van der Waals surface area contributed by atoms with E-state index in [-0.39, 0.29) is 5.91 Å². The van der Waals surface area contributed by atoms with Crippen molar-refractivity contribution in [3.8, 4) is 5.75 Å². The van der Waals surface area contributed by atoms with E-state index in [1.54, 1.807) is 18.3 Å². The van der Waals surface area contributed by atoms with Crippen LogP contribution in [-0.4, -0.2) is 23.5 Å². The number of carbonyl (C=O) groups is 1. The summed E-state index contributed by atoms with van der Waals surface area (Å²) in [5.74, 6) is 0.612. The number of aromatic nitrogens is 1. The fourth-order valence-electron chi connectivity index (χ4n) is 2.45. The summed E-state index contributed by atoms with van der Waals surface area (Å²) in [6.07, 6.45) is 3.97. The Bertz CT molecular complexity index is 642. The molecule has 0 aliphatic carbocycles. The van der Waals surface area contributed by atoms with Gasteiger partial charge in [0.05, 0.1) is 11.2 Å². The largest absolute Gasteiger partial charge is 0.480 e. The van der Waals surface area contributed by atoms with Gasteiger partial charge >= 0.3 is 0 Å². The summed E-state index contributed by atoms with van der Waals surface area (Å²) in [4.78, 5) is 16.2. The standard InChI is InChI=1S/C15H17N3O2/c16-11-6-7-12(10-4-3-9-17-14(10)11)20-13-5-1-2-8-18-15(13)19/h3-4,6-7,9,13H,1-2,5,8,16H2,(H,18,19). The summed E-state index contributed by atoms with van der Waals surface area (Å²) < 4.78 is 5.91. The number of anilines is 1. The topological polar surface area (TPSA) is 77.2 Å². The average molecular weight is 271 g/mol. The minimum atomic E-state index is -0.440. The molecule has 1 aliphatic rings. The van der Waals surface area contributed by atoms with E-state index in [4.69, 9.17) is 10.5 Å². The summed E-state index contributed by atoms with van der Waals surface area (Å²) in [6.45, 7) is 0.725. The molecule has 1 amide bonds. The molecule has 0 spiro atoms. The van der Waals surface area contributed by atoms with Crippen LogP contribution in [-0.2, 0) is 4.79 Å². The van der Waals surface area contributed by atoms with Crippen LogP contribution in [0.15, 0.2) is 30.5 Å². The van der Waals surface area contributed by atoms with E-state index in [1.165, 1.54) is 0 Å². The number of fused-ring (bicyclic) bond motifs is 1. The van der Waals surface area contributed by atoms with Crippen molar-refractivity contribution in [3.05, 3.63) is 30.5 Å². The Morgan fingerprint density at radius 2 is 2.20 bits per heavy atom. The highest BCUT2D eigenvalue weighted by atomic mass is 16.5. The molecule has 3 rings (SSSR count). The lowest BCUT2D eigenvalue weighted by Crippen LogP contribution is -2.36. The predicted molar refractivity (Wildman–Crippen MR) is 77.4 cm³/mol. The second kappa shape index (κ2) is 5.36. The smallest absolute Gasteiger partial charge is 0.261 e. The number of nitrogens with one attached hydrogen (secondary N) is 1. The van der Waals surface area contributed by atoms with Crippen LogP contribution in [0.4, 0.5) is 5.69 Å². The number of amides is 1. The highest BCUT2D eigenvalue weighted by Crippen LogP contribution is 2.29. The summed E-state index contributed by atoms with van der Waals surface area (Å²) in [5.41, 5.74) is 7.23. The summed E-state index contributed by atoms with van der Waals surface area (Å²) in [5, 5.41) is 3.71. The fourth-order valence-corrected chi connectivity index (χ4v) is 2.45. The molecule has 1 aromatic carbocycles. The van der Waals surface area contributed by atoms with E-state index >= 15 is 0 Å². The summed E-state index contributed by atoms with van der Waals surface area (Å²) >= 11 is 0. The van der Waals surface area contributed by atoms with Crippen LogP contribution in [0.5, 0.6) is 5.75 Å². The summed E-state index contributed by atoms with van der Waals surface area (Å²) in [6, 6.07) is 7.31. The number of ether oxygens (including phenoxy) is 1. The lowest BCUT2D eigenvalue weighted by atomic mass is 10.1. The van der Waals surface area contributed by atoms with E-state index in [0.717, 1.165) is 31.2 Å². The zero-order valence-electron chi connectivity index (χ0n) is 11.1. The molecule has 1 unspecified atom stereocenters. The van der Waals surface area contributed by atoms with Gasteiger partial charge in [0, 0.05) is 18.1 Å². The Kier molecular flexibility index (Phi) is 3.41. The number of nitrogens with two attached hydrogens (primary N) is 1. The molecule has 0 saturated carbocycles. The first-order valence-corrected chi connectivity index (χ1v) is 6.83. The molecule has 104 valence electrons. The van der Waals surface area contributed by atoms with Crippen molar-refractivity contribution in [1.82, 2.24) is 10.3 Å². The van der Waals surface area contributed by atoms with Crippen molar-refractivity contribution < 1.29 is 9.53 Å². The third-order valence-corrected chi connectivity index (χ3v) is 3.51. The van der Waals surface area contributed by atoms with E-state index in [1.807, 2.05) is 12.1 Å². The molecule has 5 nitrogen and oxygen atoms in total. The third-order valence-electron chi connectivity index (χ3n) is 3.51. The van der Waals surface area contributed by atoms with Crippen LogP contribution in [0.1, 0.15) is 19.3 Å². The number of hydrogen-bond donors (Lipinski definition) is 2. The number of pyridine rings is 1. The maximum Gasteiger partial charge on any atom is 0.261 e. The molecule has 0 bridgehead atoms. The van der Waals surface area contributed by atoms with E-state index < -0.39 is 6.10 Å². The molecule has 5 heteroatoms. The number of benzene rings is 1. The van der Waals surface area contributed by atoms with Gasteiger partial charge in [-0.05, 0) is 43.5 Å². The number of nitrogens with zero attached hydrogens (tertiary/aromatic N) is 1. The van der Waals surface area contributed by atoms with Gasteiger partial charge in [-0.25, -0.2) is 0 Å². The first-order chi connectivity index (χ1) is 9.75. The number of carbonyl (C=O) groups excluding carboxylic acids is 1. The van der Waals surface area contributed by atoms with Crippen molar-refractivity contribution in [2.75, 3.05) is 12.3 Å².